The van der Waals surface area contributed by atoms with E-state index >= 15 is 0 Å². The van der Waals surface area contributed by atoms with E-state index in [0.29, 0.717) is 5.56 Å². The number of benzene rings is 2. The molecule has 1 atom stereocenters. The summed E-state index contributed by atoms with van der Waals surface area (Å²) in [5.74, 6) is -1.69. The molecule has 0 heterocycles. The Balaban J connectivity index is 1.95. The number of ether oxygens (including phenoxy) is 1. The molecule has 2 rings (SSSR count). The van der Waals surface area contributed by atoms with E-state index in [9.17, 15) is 32.9 Å². The molecular formula is C19H15F3N2O5. The Morgan fingerprint density at radius 3 is 2.34 bits per heavy atom. The van der Waals surface area contributed by atoms with Gasteiger partial charge in [-0.3, -0.25) is 14.9 Å². The van der Waals surface area contributed by atoms with Crippen LogP contribution in [0, 0.1) is 10.1 Å². The summed E-state index contributed by atoms with van der Waals surface area (Å²) in [5, 5.41) is 13.2. The Labute approximate surface area is 162 Å². The molecule has 0 radical (unpaired) electrons. The summed E-state index contributed by atoms with van der Waals surface area (Å²) in [5.41, 5.74) is -0.864. The summed E-state index contributed by atoms with van der Waals surface area (Å²) >= 11 is 0. The first-order chi connectivity index (χ1) is 13.6. The largest absolute Gasteiger partial charge is 0.449 e. The highest BCUT2D eigenvalue weighted by Crippen LogP contribution is 2.29. The van der Waals surface area contributed by atoms with Crippen molar-refractivity contribution in [1.82, 2.24) is 0 Å². The first kappa shape index (κ1) is 21.6. The van der Waals surface area contributed by atoms with Gasteiger partial charge in [0.05, 0.1) is 10.5 Å². The number of nitro benzene ring substituents is 1. The fourth-order valence-corrected chi connectivity index (χ4v) is 2.19. The minimum absolute atomic E-state index is 0.0503. The lowest BCUT2D eigenvalue weighted by atomic mass is 10.1. The average Bonchev–Trinajstić information content (AvgIpc) is 2.66. The number of hydrogen-bond donors (Lipinski definition) is 1. The van der Waals surface area contributed by atoms with E-state index in [2.05, 4.69) is 5.32 Å². The molecule has 0 aliphatic carbocycles. The molecule has 0 aliphatic heterocycles. The number of anilines is 1. The maximum Gasteiger partial charge on any atom is 0.416 e. The van der Waals surface area contributed by atoms with Gasteiger partial charge in [-0.1, -0.05) is 24.3 Å². The maximum absolute atomic E-state index is 12.5. The summed E-state index contributed by atoms with van der Waals surface area (Å²) in [7, 11) is 0. The minimum Gasteiger partial charge on any atom is -0.449 e. The van der Waals surface area contributed by atoms with Crippen molar-refractivity contribution in [2.75, 3.05) is 5.32 Å². The maximum atomic E-state index is 12.5. The second kappa shape index (κ2) is 9.00. The number of amides is 1. The highest BCUT2D eigenvalue weighted by molar-refractivity contribution is 5.98. The minimum atomic E-state index is -4.46. The summed E-state index contributed by atoms with van der Waals surface area (Å²) < 4.78 is 42.4. The molecule has 1 amide bonds. The van der Waals surface area contributed by atoms with Crippen molar-refractivity contribution in [3.63, 3.8) is 0 Å². The number of nitro groups is 1. The van der Waals surface area contributed by atoms with Gasteiger partial charge in [0.25, 0.3) is 11.6 Å². The monoisotopic (exact) mass is 408 g/mol. The highest BCUT2D eigenvalue weighted by atomic mass is 19.4. The third-order valence-electron chi connectivity index (χ3n) is 3.67. The zero-order chi connectivity index (χ0) is 21.6. The number of alkyl halides is 3. The van der Waals surface area contributed by atoms with E-state index in [4.69, 9.17) is 4.74 Å². The predicted molar refractivity (Wildman–Crippen MR) is 97.8 cm³/mol. The van der Waals surface area contributed by atoms with E-state index in [-0.39, 0.29) is 11.4 Å². The standard InChI is InChI=1S/C19H15F3N2O5/c1-12(18(26)23-15-4-2-3-5-16(15)24(27)28)29-17(25)11-8-13-6-9-14(10-7-13)19(20,21)22/h2-12H,1H3,(H,23,26)/b11-8+/t12-/m1/s1. The Morgan fingerprint density at radius 1 is 1.14 bits per heavy atom. The topological polar surface area (TPSA) is 98.5 Å². The van der Waals surface area contributed by atoms with Gasteiger partial charge in [-0.25, -0.2) is 4.79 Å². The summed E-state index contributed by atoms with van der Waals surface area (Å²) in [6.45, 7) is 1.27. The number of nitrogens with zero attached hydrogens (tertiary/aromatic N) is 1. The van der Waals surface area contributed by atoms with Crippen molar-refractivity contribution in [3.8, 4) is 0 Å². The first-order valence-electron chi connectivity index (χ1n) is 8.18. The number of carbonyl (C=O) groups excluding carboxylic acids is 2. The van der Waals surface area contributed by atoms with Crippen LogP contribution >= 0.6 is 0 Å². The van der Waals surface area contributed by atoms with Crippen molar-refractivity contribution in [2.24, 2.45) is 0 Å². The van der Waals surface area contributed by atoms with Crippen molar-refractivity contribution in [3.05, 3.63) is 75.8 Å². The van der Waals surface area contributed by atoms with Crippen LogP contribution < -0.4 is 5.32 Å². The van der Waals surface area contributed by atoms with Crippen LogP contribution in [-0.2, 0) is 20.5 Å². The molecule has 0 aromatic heterocycles. The van der Waals surface area contributed by atoms with Crippen LogP contribution in [0.1, 0.15) is 18.1 Å². The first-order valence-corrected chi connectivity index (χ1v) is 8.18. The molecule has 0 aliphatic rings. The third kappa shape index (κ3) is 6.16. The molecular weight excluding hydrogens is 393 g/mol. The van der Waals surface area contributed by atoms with Gasteiger partial charge in [0.2, 0.25) is 0 Å². The molecule has 7 nitrogen and oxygen atoms in total. The summed E-state index contributed by atoms with van der Waals surface area (Å²) in [4.78, 5) is 34.2. The predicted octanol–water partition coefficient (Wildman–Crippen LogP) is 4.20. The van der Waals surface area contributed by atoms with Crippen LogP contribution in [0.4, 0.5) is 24.5 Å². The van der Waals surface area contributed by atoms with Crippen LogP contribution in [0.3, 0.4) is 0 Å². The SMILES string of the molecule is C[C@@H](OC(=O)/C=C/c1ccc(C(F)(F)F)cc1)C(=O)Nc1ccccc1[N+](=O)[O-]. The lowest BCUT2D eigenvalue weighted by molar-refractivity contribution is -0.383. The Hall–Kier alpha value is -3.69. The summed E-state index contributed by atoms with van der Waals surface area (Å²) in [6, 6.07) is 9.56. The lowest BCUT2D eigenvalue weighted by Gasteiger charge is -2.12. The molecule has 29 heavy (non-hydrogen) atoms. The van der Waals surface area contributed by atoms with Crippen molar-refractivity contribution in [2.45, 2.75) is 19.2 Å². The van der Waals surface area contributed by atoms with Crippen molar-refractivity contribution < 1.29 is 32.4 Å². The third-order valence-corrected chi connectivity index (χ3v) is 3.67. The molecule has 0 saturated heterocycles. The molecule has 2 aromatic rings. The number of para-hydroxylation sites is 2. The molecule has 0 unspecified atom stereocenters. The van der Waals surface area contributed by atoms with Gasteiger partial charge in [0, 0.05) is 12.1 Å². The smallest absolute Gasteiger partial charge is 0.416 e. The fourth-order valence-electron chi connectivity index (χ4n) is 2.19. The highest BCUT2D eigenvalue weighted by Gasteiger charge is 2.29. The normalized spacial score (nSPS) is 12.4. The molecule has 0 bridgehead atoms. The fraction of sp³-hybridized carbons (Fsp3) is 0.158. The van der Waals surface area contributed by atoms with Gasteiger partial charge >= 0.3 is 12.1 Å². The van der Waals surface area contributed by atoms with Gasteiger partial charge in [0.15, 0.2) is 6.10 Å². The van der Waals surface area contributed by atoms with Gasteiger partial charge in [0.1, 0.15) is 5.69 Å². The van der Waals surface area contributed by atoms with Gasteiger partial charge in [-0.05, 0) is 36.8 Å². The zero-order valence-corrected chi connectivity index (χ0v) is 15.0. The Kier molecular flexibility index (Phi) is 6.71. The molecule has 2 aromatic carbocycles. The Bertz CT molecular complexity index is 940. The van der Waals surface area contributed by atoms with Crippen LogP contribution in [0.15, 0.2) is 54.6 Å². The zero-order valence-electron chi connectivity index (χ0n) is 15.0. The van der Waals surface area contributed by atoms with Crippen LogP contribution in [-0.4, -0.2) is 22.9 Å². The van der Waals surface area contributed by atoms with E-state index in [1.165, 1.54) is 49.4 Å². The second-order valence-electron chi connectivity index (χ2n) is 5.80. The quantitative estimate of drug-likeness (QED) is 0.334. The van der Waals surface area contributed by atoms with Crippen LogP contribution in [0.25, 0.3) is 6.08 Å². The van der Waals surface area contributed by atoms with Crippen LogP contribution in [0.5, 0.6) is 0 Å². The lowest BCUT2D eigenvalue weighted by Crippen LogP contribution is -2.29. The number of halogens is 3. The molecule has 0 saturated carbocycles. The van der Waals surface area contributed by atoms with Crippen LogP contribution in [0.2, 0.25) is 0 Å². The van der Waals surface area contributed by atoms with Crippen molar-refractivity contribution >= 4 is 29.3 Å². The van der Waals surface area contributed by atoms with E-state index in [1.807, 2.05) is 0 Å². The number of rotatable bonds is 6. The molecule has 0 fully saturated rings. The van der Waals surface area contributed by atoms with E-state index in [0.717, 1.165) is 18.2 Å². The second-order valence-corrected chi connectivity index (χ2v) is 5.80. The number of hydrogen-bond acceptors (Lipinski definition) is 5. The average molecular weight is 408 g/mol. The van der Waals surface area contributed by atoms with Gasteiger partial charge in [-0.2, -0.15) is 13.2 Å². The summed E-state index contributed by atoms with van der Waals surface area (Å²) in [6.07, 6.45) is -3.54. The van der Waals surface area contributed by atoms with Gasteiger partial charge < -0.3 is 10.1 Å². The molecule has 0 spiro atoms. The van der Waals surface area contributed by atoms with E-state index in [1.54, 1.807) is 0 Å². The number of nitrogens with one attached hydrogen (secondary N) is 1. The molecule has 10 heteroatoms. The molecule has 152 valence electrons. The van der Waals surface area contributed by atoms with Gasteiger partial charge in [-0.15, -0.1) is 0 Å². The van der Waals surface area contributed by atoms with E-state index < -0.39 is 34.6 Å². The van der Waals surface area contributed by atoms with Crippen molar-refractivity contribution in [1.29, 1.82) is 0 Å². The number of esters is 1. The number of carbonyl (C=O) groups is 2. The Morgan fingerprint density at radius 2 is 1.76 bits per heavy atom. The molecule has 1 N–H and O–H groups in total.